The van der Waals surface area contributed by atoms with Crippen molar-refractivity contribution in [2.24, 2.45) is 7.05 Å². The van der Waals surface area contributed by atoms with Gasteiger partial charge in [-0.2, -0.15) is 0 Å². The molecule has 1 unspecified atom stereocenters. The van der Waals surface area contributed by atoms with Crippen molar-refractivity contribution in [2.75, 3.05) is 6.54 Å². The Morgan fingerprint density at radius 2 is 1.95 bits per heavy atom. The van der Waals surface area contributed by atoms with Crippen LogP contribution < -0.4 is 5.32 Å². The van der Waals surface area contributed by atoms with Crippen molar-refractivity contribution in [3.05, 3.63) is 46.7 Å². The van der Waals surface area contributed by atoms with Crippen LogP contribution >= 0.6 is 11.6 Å². The lowest BCUT2D eigenvalue weighted by Crippen LogP contribution is -2.29. The van der Waals surface area contributed by atoms with Gasteiger partial charge >= 0.3 is 0 Å². The predicted molar refractivity (Wildman–Crippen MR) is 82.0 cm³/mol. The zero-order chi connectivity index (χ0) is 14.5. The van der Waals surface area contributed by atoms with Crippen molar-refractivity contribution in [2.45, 2.75) is 32.2 Å². The highest BCUT2D eigenvalue weighted by molar-refractivity contribution is 6.30. The SMILES string of the molecule is CC(C)NCC(Cc1cn(C)nn1)c1ccc(Cl)cc1. The van der Waals surface area contributed by atoms with Crippen LogP contribution in [0.2, 0.25) is 5.02 Å². The average Bonchev–Trinajstić information content (AvgIpc) is 2.81. The molecule has 0 aliphatic heterocycles. The lowest BCUT2D eigenvalue weighted by Gasteiger charge is -2.19. The molecule has 0 saturated heterocycles. The van der Waals surface area contributed by atoms with Crippen molar-refractivity contribution in [3.63, 3.8) is 0 Å². The van der Waals surface area contributed by atoms with Gasteiger partial charge in [0.05, 0.1) is 5.69 Å². The van der Waals surface area contributed by atoms with Gasteiger partial charge in [0.1, 0.15) is 0 Å². The van der Waals surface area contributed by atoms with Gasteiger partial charge in [-0.05, 0) is 17.7 Å². The summed E-state index contributed by atoms with van der Waals surface area (Å²) in [5.74, 6) is 0.367. The zero-order valence-electron chi connectivity index (χ0n) is 12.2. The molecule has 1 heterocycles. The summed E-state index contributed by atoms with van der Waals surface area (Å²) in [7, 11) is 1.89. The lowest BCUT2D eigenvalue weighted by atomic mass is 9.94. The van der Waals surface area contributed by atoms with Crippen LogP contribution in [0, 0.1) is 0 Å². The highest BCUT2D eigenvalue weighted by Crippen LogP contribution is 2.21. The van der Waals surface area contributed by atoms with Crippen molar-refractivity contribution in [1.29, 1.82) is 0 Å². The van der Waals surface area contributed by atoms with Crippen molar-refractivity contribution < 1.29 is 0 Å². The standard InChI is InChI=1S/C15H21ClN4/c1-11(2)17-9-13(8-15-10-20(3)19-18-15)12-4-6-14(16)7-5-12/h4-7,10-11,13,17H,8-9H2,1-3H3. The van der Waals surface area contributed by atoms with Crippen LogP contribution in [0.1, 0.15) is 31.0 Å². The number of rotatable bonds is 6. The molecule has 0 aliphatic carbocycles. The minimum absolute atomic E-state index is 0.367. The van der Waals surface area contributed by atoms with E-state index in [2.05, 4.69) is 41.6 Å². The number of nitrogens with zero attached hydrogens (tertiary/aromatic N) is 3. The summed E-state index contributed by atoms with van der Waals surface area (Å²) in [5, 5.41) is 12.4. The van der Waals surface area contributed by atoms with Crippen molar-refractivity contribution in [1.82, 2.24) is 20.3 Å². The van der Waals surface area contributed by atoms with Crippen LogP contribution in [0.15, 0.2) is 30.5 Å². The summed E-state index contributed by atoms with van der Waals surface area (Å²) in [6, 6.07) is 8.52. The van der Waals surface area contributed by atoms with E-state index in [1.54, 1.807) is 4.68 Å². The van der Waals surface area contributed by atoms with E-state index >= 15 is 0 Å². The van der Waals surface area contributed by atoms with Gasteiger partial charge in [-0.25, -0.2) is 0 Å². The van der Waals surface area contributed by atoms with E-state index in [-0.39, 0.29) is 0 Å². The fraction of sp³-hybridized carbons (Fsp3) is 0.467. The first-order valence-electron chi connectivity index (χ1n) is 6.88. The van der Waals surface area contributed by atoms with E-state index in [9.17, 15) is 0 Å². The zero-order valence-corrected chi connectivity index (χ0v) is 12.9. The molecule has 2 aromatic rings. The molecule has 0 amide bonds. The van der Waals surface area contributed by atoms with E-state index in [1.807, 2.05) is 25.4 Å². The number of hydrogen-bond acceptors (Lipinski definition) is 3. The first kappa shape index (κ1) is 15.0. The van der Waals surface area contributed by atoms with Crippen LogP contribution in [0.4, 0.5) is 0 Å². The van der Waals surface area contributed by atoms with Gasteiger partial charge in [-0.1, -0.05) is 42.8 Å². The topological polar surface area (TPSA) is 42.7 Å². The molecule has 108 valence electrons. The van der Waals surface area contributed by atoms with Gasteiger partial charge in [0.25, 0.3) is 0 Å². The maximum Gasteiger partial charge on any atom is 0.0833 e. The van der Waals surface area contributed by atoms with Crippen LogP contribution in [-0.4, -0.2) is 27.6 Å². The first-order valence-corrected chi connectivity index (χ1v) is 7.26. The van der Waals surface area contributed by atoms with Crippen LogP contribution in [0.25, 0.3) is 0 Å². The quantitative estimate of drug-likeness (QED) is 0.890. The number of nitrogens with one attached hydrogen (secondary N) is 1. The van der Waals surface area contributed by atoms with Crippen molar-refractivity contribution >= 4 is 11.6 Å². The molecule has 2 rings (SSSR count). The second kappa shape index (κ2) is 6.86. The third-order valence-electron chi connectivity index (χ3n) is 3.22. The first-order chi connectivity index (χ1) is 9.54. The molecule has 1 atom stereocenters. The Balaban J connectivity index is 2.13. The molecule has 5 heteroatoms. The van der Waals surface area contributed by atoms with Gasteiger partial charge in [-0.15, -0.1) is 5.10 Å². The Hall–Kier alpha value is -1.39. The fourth-order valence-electron chi connectivity index (χ4n) is 2.16. The van der Waals surface area contributed by atoms with E-state index < -0.39 is 0 Å². The second-order valence-corrected chi connectivity index (χ2v) is 5.84. The molecule has 4 nitrogen and oxygen atoms in total. The molecule has 1 N–H and O–H groups in total. The molecule has 1 aromatic heterocycles. The van der Waals surface area contributed by atoms with Gasteiger partial charge in [0.15, 0.2) is 0 Å². The van der Waals surface area contributed by atoms with Gasteiger partial charge < -0.3 is 5.32 Å². The Bertz CT molecular complexity index is 533. The monoisotopic (exact) mass is 292 g/mol. The molecule has 0 aliphatic rings. The summed E-state index contributed by atoms with van der Waals surface area (Å²) in [6.07, 6.45) is 2.84. The Labute approximate surface area is 125 Å². The molecule has 1 aromatic carbocycles. The van der Waals surface area contributed by atoms with E-state index in [0.717, 1.165) is 23.7 Å². The minimum Gasteiger partial charge on any atom is -0.314 e. The summed E-state index contributed by atoms with van der Waals surface area (Å²) < 4.78 is 1.74. The van der Waals surface area contributed by atoms with Gasteiger partial charge in [-0.3, -0.25) is 4.68 Å². The van der Waals surface area contributed by atoms with E-state index in [1.165, 1.54) is 5.56 Å². The second-order valence-electron chi connectivity index (χ2n) is 5.40. The Morgan fingerprint density at radius 1 is 1.25 bits per heavy atom. The molecule has 0 fully saturated rings. The molecular weight excluding hydrogens is 272 g/mol. The van der Waals surface area contributed by atoms with Crippen LogP contribution in [0.3, 0.4) is 0 Å². The smallest absolute Gasteiger partial charge is 0.0833 e. The van der Waals surface area contributed by atoms with Gasteiger partial charge in [0.2, 0.25) is 0 Å². The third-order valence-corrected chi connectivity index (χ3v) is 3.47. The highest BCUT2D eigenvalue weighted by atomic mass is 35.5. The summed E-state index contributed by atoms with van der Waals surface area (Å²) in [4.78, 5) is 0. The molecule has 0 saturated carbocycles. The number of halogens is 1. The van der Waals surface area contributed by atoms with Crippen LogP contribution in [0.5, 0.6) is 0 Å². The summed E-state index contributed by atoms with van der Waals surface area (Å²) >= 11 is 5.97. The molecule has 20 heavy (non-hydrogen) atoms. The normalized spacial score (nSPS) is 12.8. The Morgan fingerprint density at radius 3 is 2.50 bits per heavy atom. The average molecular weight is 293 g/mol. The molecular formula is C15H21ClN4. The third kappa shape index (κ3) is 4.32. The van der Waals surface area contributed by atoms with Gasteiger partial charge in [0, 0.05) is 43.2 Å². The van der Waals surface area contributed by atoms with Crippen LogP contribution in [-0.2, 0) is 13.5 Å². The number of aryl methyl sites for hydroxylation is 1. The lowest BCUT2D eigenvalue weighted by molar-refractivity contribution is 0.524. The van der Waals surface area contributed by atoms with Crippen molar-refractivity contribution in [3.8, 4) is 0 Å². The number of aromatic nitrogens is 3. The molecule has 0 bridgehead atoms. The number of hydrogen-bond donors (Lipinski definition) is 1. The summed E-state index contributed by atoms with van der Waals surface area (Å²) in [5.41, 5.74) is 2.28. The molecule has 0 spiro atoms. The van der Waals surface area contributed by atoms with E-state index in [0.29, 0.717) is 12.0 Å². The fourth-order valence-corrected chi connectivity index (χ4v) is 2.29. The van der Waals surface area contributed by atoms with E-state index in [4.69, 9.17) is 11.6 Å². The maximum atomic E-state index is 5.97. The largest absolute Gasteiger partial charge is 0.314 e. The number of benzene rings is 1. The highest BCUT2D eigenvalue weighted by Gasteiger charge is 2.14. The molecule has 0 radical (unpaired) electrons. The maximum absolute atomic E-state index is 5.97. The minimum atomic E-state index is 0.367. The predicted octanol–water partition coefficient (Wildman–Crippen LogP) is 2.79. The Kier molecular flexibility index (Phi) is 5.15. The summed E-state index contributed by atoms with van der Waals surface area (Å²) in [6.45, 7) is 5.22.